The maximum atomic E-state index is 11.3. The van der Waals surface area contributed by atoms with Crippen LogP contribution in [-0.4, -0.2) is 23.5 Å². The number of hydrogen-bond acceptors (Lipinski definition) is 4. The van der Waals surface area contributed by atoms with E-state index in [2.05, 4.69) is 0 Å². The lowest BCUT2D eigenvalue weighted by Gasteiger charge is -2.21. The second kappa shape index (κ2) is 3.20. The van der Waals surface area contributed by atoms with Crippen molar-refractivity contribution in [2.24, 2.45) is 0 Å². The molecule has 4 nitrogen and oxygen atoms in total. The van der Waals surface area contributed by atoms with Crippen LogP contribution in [0.15, 0.2) is 12.3 Å². The molecule has 0 fully saturated rings. The van der Waals surface area contributed by atoms with Gasteiger partial charge in [-0.25, -0.2) is 4.79 Å². The van der Waals surface area contributed by atoms with Crippen molar-refractivity contribution in [2.45, 2.75) is 32.5 Å². The molecule has 0 saturated heterocycles. The van der Waals surface area contributed by atoms with E-state index in [9.17, 15) is 9.59 Å². The van der Waals surface area contributed by atoms with Crippen molar-refractivity contribution in [3.05, 3.63) is 12.3 Å². The molecule has 0 aromatic carbocycles. The highest BCUT2D eigenvalue weighted by atomic mass is 16.6. The Morgan fingerprint density at radius 1 is 1.54 bits per heavy atom. The second-order valence-electron chi connectivity index (χ2n) is 3.75. The van der Waals surface area contributed by atoms with E-state index >= 15 is 0 Å². The minimum absolute atomic E-state index is 0.366. The van der Waals surface area contributed by atoms with Gasteiger partial charge in [0, 0.05) is 6.08 Å². The first kappa shape index (κ1) is 9.77. The van der Waals surface area contributed by atoms with Gasteiger partial charge >= 0.3 is 5.97 Å². The van der Waals surface area contributed by atoms with Crippen LogP contribution in [0.25, 0.3) is 0 Å². The molecule has 0 saturated carbocycles. The van der Waals surface area contributed by atoms with E-state index in [1.54, 1.807) is 20.8 Å². The fourth-order valence-electron chi connectivity index (χ4n) is 0.866. The standard InChI is InChI=1S/C9H12O4/c1-9(2,3)13-8(11)7-6(10)4-5-12-7/h4-5,7H,1-3H3. The summed E-state index contributed by atoms with van der Waals surface area (Å²) < 4.78 is 9.74. The Bertz CT molecular complexity index is 259. The van der Waals surface area contributed by atoms with E-state index in [0.29, 0.717) is 0 Å². The minimum Gasteiger partial charge on any atom is -0.478 e. The molecule has 1 aliphatic rings. The smallest absolute Gasteiger partial charge is 0.356 e. The zero-order valence-corrected chi connectivity index (χ0v) is 7.87. The number of carbonyl (C=O) groups is 2. The zero-order valence-electron chi connectivity index (χ0n) is 7.87. The Morgan fingerprint density at radius 3 is 2.54 bits per heavy atom. The second-order valence-corrected chi connectivity index (χ2v) is 3.75. The maximum Gasteiger partial charge on any atom is 0.356 e. The number of rotatable bonds is 1. The molecule has 0 radical (unpaired) electrons. The molecule has 1 atom stereocenters. The Labute approximate surface area is 76.5 Å². The van der Waals surface area contributed by atoms with Crippen molar-refractivity contribution in [3.63, 3.8) is 0 Å². The zero-order chi connectivity index (χ0) is 10.1. The molecule has 0 aromatic heterocycles. The summed E-state index contributed by atoms with van der Waals surface area (Å²) in [7, 11) is 0. The molecule has 1 aliphatic heterocycles. The molecule has 1 unspecified atom stereocenters. The van der Waals surface area contributed by atoms with Crippen molar-refractivity contribution in [1.82, 2.24) is 0 Å². The topological polar surface area (TPSA) is 52.6 Å². The normalized spacial score (nSPS) is 21.5. The van der Waals surface area contributed by atoms with Crippen molar-refractivity contribution in [2.75, 3.05) is 0 Å². The quantitative estimate of drug-likeness (QED) is 0.447. The summed E-state index contributed by atoms with van der Waals surface area (Å²) in [6.07, 6.45) is 1.32. The molecular formula is C9H12O4. The van der Waals surface area contributed by atoms with E-state index < -0.39 is 17.7 Å². The summed E-state index contributed by atoms with van der Waals surface area (Å²) in [5.41, 5.74) is -0.594. The average molecular weight is 184 g/mol. The highest BCUT2D eigenvalue weighted by Crippen LogP contribution is 2.13. The van der Waals surface area contributed by atoms with E-state index in [4.69, 9.17) is 9.47 Å². The molecular weight excluding hydrogens is 172 g/mol. The number of hydrogen-bond donors (Lipinski definition) is 0. The van der Waals surface area contributed by atoms with Crippen LogP contribution in [-0.2, 0) is 19.1 Å². The number of carbonyl (C=O) groups excluding carboxylic acids is 2. The Kier molecular flexibility index (Phi) is 2.40. The van der Waals surface area contributed by atoms with E-state index in [1.807, 2.05) is 0 Å². The highest BCUT2D eigenvalue weighted by molar-refractivity contribution is 6.09. The largest absolute Gasteiger partial charge is 0.478 e. The van der Waals surface area contributed by atoms with Crippen molar-refractivity contribution in [3.8, 4) is 0 Å². The Morgan fingerprint density at radius 2 is 2.15 bits per heavy atom. The lowest BCUT2D eigenvalue weighted by atomic mass is 10.2. The van der Waals surface area contributed by atoms with Crippen molar-refractivity contribution in [1.29, 1.82) is 0 Å². The lowest BCUT2D eigenvalue weighted by Crippen LogP contribution is -2.35. The van der Waals surface area contributed by atoms with Crippen LogP contribution in [0.5, 0.6) is 0 Å². The molecule has 0 aromatic rings. The summed E-state index contributed by atoms with van der Waals surface area (Å²) in [6.45, 7) is 5.20. The molecule has 72 valence electrons. The predicted octanol–water partition coefficient (Wildman–Crippen LogP) is 0.810. The van der Waals surface area contributed by atoms with Crippen LogP contribution in [0.2, 0.25) is 0 Å². The summed E-state index contributed by atoms with van der Waals surface area (Å²) in [6, 6.07) is 0. The molecule has 0 N–H and O–H groups in total. The summed E-state index contributed by atoms with van der Waals surface area (Å²) in [5.74, 6) is -1.00. The van der Waals surface area contributed by atoms with E-state index in [1.165, 1.54) is 12.3 Å². The summed E-state index contributed by atoms with van der Waals surface area (Å²) >= 11 is 0. The molecule has 1 rings (SSSR count). The first-order valence-electron chi connectivity index (χ1n) is 3.99. The van der Waals surface area contributed by atoms with Gasteiger partial charge in [0.15, 0.2) is 0 Å². The van der Waals surface area contributed by atoms with Gasteiger partial charge in [-0.1, -0.05) is 0 Å². The molecule has 0 spiro atoms. The van der Waals surface area contributed by atoms with Gasteiger partial charge in [-0.3, -0.25) is 4.79 Å². The maximum absolute atomic E-state index is 11.3. The first-order valence-corrected chi connectivity index (χ1v) is 3.99. The van der Waals surface area contributed by atoms with Gasteiger partial charge in [0.2, 0.25) is 5.78 Å². The lowest BCUT2D eigenvalue weighted by molar-refractivity contribution is -0.165. The van der Waals surface area contributed by atoms with Crippen LogP contribution in [0, 0.1) is 0 Å². The van der Waals surface area contributed by atoms with E-state index in [0.717, 1.165) is 0 Å². The van der Waals surface area contributed by atoms with Gasteiger partial charge in [-0.05, 0) is 20.8 Å². The average Bonchev–Trinajstić information content (AvgIpc) is 2.30. The van der Waals surface area contributed by atoms with Crippen LogP contribution in [0.3, 0.4) is 0 Å². The third kappa shape index (κ3) is 2.57. The summed E-state index contributed by atoms with van der Waals surface area (Å²) in [4.78, 5) is 22.3. The SMILES string of the molecule is CC(C)(C)OC(=O)C1OC=CC1=O. The van der Waals surface area contributed by atoms with Gasteiger partial charge in [-0.2, -0.15) is 0 Å². The number of ether oxygens (including phenoxy) is 2. The van der Waals surface area contributed by atoms with Crippen LogP contribution < -0.4 is 0 Å². The fraction of sp³-hybridized carbons (Fsp3) is 0.556. The minimum atomic E-state index is -1.10. The van der Waals surface area contributed by atoms with Gasteiger partial charge in [0.1, 0.15) is 5.60 Å². The van der Waals surface area contributed by atoms with Gasteiger partial charge in [0.05, 0.1) is 6.26 Å². The van der Waals surface area contributed by atoms with Crippen molar-refractivity contribution < 1.29 is 19.1 Å². The van der Waals surface area contributed by atoms with E-state index in [-0.39, 0.29) is 5.78 Å². The Hall–Kier alpha value is -1.32. The summed E-state index contributed by atoms with van der Waals surface area (Å²) in [5, 5.41) is 0. The molecule has 4 heteroatoms. The van der Waals surface area contributed by atoms with Crippen molar-refractivity contribution >= 4 is 11.8 Å². The monoisotopic (exact) mass is 184 g/mol. The molecule has 13 heavy (non-hydrogen) atoms. The third-order valence-corrected chi connectivity index (χ3v) is 1.33. The molecule has 0 amide bonds. The third-order valence-electron chi connectivity index (χ3n) is 1.33. The van der Waals surface area contributed by atoms with Gasteiger partial charge in [-0.15, -0.1) is 0 Å². The van der Waals surface area contributed by atoms with Gasteiger partial charge in [0.25, 0.3) is 6.10 Å². The molecule has 0 bridgehead atoms. The van der Waals surface area contributed by atoms with Crippen LogP contribution in [0.1, 0.15) is 20.8 Å². The van der Waals surface area contributed by atoms with Crippen LogP contribution in [0.4, 0.5) is 0 Å². The molecule has 0 aliphatic carbocycles. The number of esters is 1. The predicted molar refractivity (Wildman–Crippen MR) is 44.9 cm³/mol. The highest BCUT2D eigenvalue weighted by Gasteiger charge is 2.33. The van der Waals surface area contributed by atoms with Crippen LogP contribution >= 0.6 is 0 Å². The molecule has 1 heterocycles. The number of ketones is 1. The first-order chi connectivity index (χ1) is 5.90. The Balaban J connectivity index is 2.55. The van der Waals surface area contributed by atoms with Gasteiger partial charge < -0.3 is 9.47 Å². The fourth-order valence-corrected chi connectivity index (χ4v) is 0.866.